The molecule has 0 radical (unpaired) electrons. The van der Waals surface area contributed by atoms with Crippen molar-refractivity contribution in [1.82, 2.24) is 4.90 Å². The third kappa shape index (κ3) is 6.98. The maximum absolute atomic E-state index is 6.41. The van der Waals surface area contributed by atoms with E-state index in [-0.39, 0.29) is 11.1 Å². The molecule has 23 heavy (non-hydrogen) atoms. The summed E-state index contributed by atoms with van der Waals surface area (Å²) in [7, 11) is -0.687. The normalized spacial score (nSPS) is 23.2. The van der Waals surface area contributed by atoms with Gasteiger partial charge in [-0.2, -0.15) is 0 Å². The lowest BCUT2D eigenvalue weighted by atomic mass is 9.79. The molecule has 0 bridgehead atoms. The van der Waals surface area contributed by atoms with Crippen LogP contribution in [0, 0.1) is 0 Å². The second-order valence-electron chi connectivity index (χ2n) is 10.2. The monoisotopic (exact) mass is 359 g/mol. The summed E-state index contributed by atoms with van der Waals surface area (Å²) in [5, 5.41) is 0. The Morgan fingerprint density at radius 3 is 1.87 bits per heavy atom. The van der Waals surface area contributed by atoms with E-state index < -0.39 is 16.6 Å². The fraction of sp³-hybridized carbons (Fsp3) is 1.00. The van der Waals surface area contributed by atoms with Gasteiger partial charge in [0.05, 0.1) is 6.10 Å². The smallest absolute Gasteiger partial charge is 0.173 e. The number of ether oxygens (including phenoxy) is 1. The molecule has 5 heteroatoms. The fourth-order valence-corrected chi connectivity index (χ4v) is 12.1. The average molecular weight is 360 g/mol. The Balaban J connectivity index is 2.42. The molecule has 0 N–H and O–H groups in total. The van der Waals surface area contributed by atoms with E-state index in [2.05, 4.69) is 72.4 Å². The van der Waals surface area contributed by atoms with Gasteiger partial charge in [-0.15, -0.1) is 0 Å². The van der Waals surface area contributed by atoms with Crippen LogP contribution >= 0.6 is 0 Å². The predicted molar refractivity (Wildman–Crippen MR) is 106 cm³/mol. The molecule has 3 nitrogen and oxygen atoms in total. The van der Waals surface area contributed by atoms with Gasteiger partial charge in [-0.25, -0.2) is 0 Å². The number of likely N-dealkylation sites (tertiary alicyclic amines) is 1. The summed E-state index contributed by atoms with van der Waals surface area (Å²) in [6.45, 7) is 21.8. The molecule has 0 amide bonds. The lowest BCUT2D eigenvalue weighted by Gasteiger charge is -2.53. The van der Waals surface area contributed by atoms with Gasteiger partial charge >= 0.3 is 0 Å². The molecule has 0 aliphatic carbocycles. The van der Waals surface area contributed by atoms with E-state index in [1.165, 1.54) is 6.04 Å². The molecule has 1 fully saturated rings. The minimum Gasteiger partial charge on any atom is -0.456 e. The molecule has 1 heterocycles. The first-order chi connectivity index (χ1) is 10.1. The summed E-state index contributed by atoms with van der Waals surface area (Å²) in [6, 6.07) is 1.21. The van der Waals surface area contributed by atoms with Gasteiger partial charge in [-0.3, -0.25) is 4.90 Å². The van der Waals surface area contributed by atoms with Crippen molar-refractivity contribution in [1.29, 1.82) is 0 Å². The van der Waals surface area contributed by atoms with E-state index in [1.807, 2.05) is 0 Å². The summed E-state index contributed by atoms with van der Waals surface area (Å²) >= 11 is 0. The molecule has 1 aliphatic rings. The highest BCUT2D eigenvalue weighted by molar-refractivity contribution is 6.84. The van der Waals surface area contributed by atoms with Crippen molar-refractivity contribution in [3.8, 4) is 0 Å². The summed E-state index contributed by atoms with van der Waals surface area (Å²) in [4.78, 5) is 2.51. The highest BCUT2D eigenvalue weighted by atomic mass is 28.4. The van der Waals surface area contributed by atoms with E-state index in [0.29, 0.717) is 6.10 Å². The van der Waals surface area contributed by atoms with E-state index in [1.54, 1.807) is 0 Å². The molecule has 0 aromatic carbocycles. The van der Waals surface area contributed by atoms with Crippen LogP contribution in [0.25, 0.3) is 0 Å². The van der Waals surface area contributed by atoms with E-state index in [0.717, 1.165) is 25.9 Å². The maximum Gasteiger partial charge on any atom is 0.173 e. The largest absolute Gasteiger partial charge is 0.456 e. The number of piperidine rings is 1. The predicted octanol–water partition coefficient (Wildman–Crippen LogP) is 5.10. The van der Waals surface area contributed by atoms with Gasteiger partial charge < -0.3 is 8.85 Å². The van der Waals surface area contributed by atoms with Crippen LogP contribution in [-0.4, -0.2) is 52.4 Å². The Kier molecular flexibility index (Phi) is 6.76. The number of hydrogen-bond acceptors (Lipinski definition) is 3. The Morgan fingerprint density at radius 2 is 1.43 bits per heavy atom. The van der Waals surface area contributed by atoms with Crippen molar-refractivity contribution in [2.75, 3.05) is 13.7 Å². The molecular weight excluding hydrogens is 318 g/mol. The molecule has 1 saturated heterocycles. The van der Waals surface area contributed by atoms with Crippen LogP contribution in [0.5, 0.6) is 0 Å². The van der Waals surface area contributed by atoms with Crippen LogP contribution in [0.4, 0.5) is 0 Å². The SMILES string of the molecule is CN1C(C)(C)CC(OCCC[Si](C)(C)O[Si](C)(C)C)CC1(C)C. The van der Waals surface area contributed by atoms with Crippen LogP contribution in [0.1, 0.15) is 47.0 Å². The minimum absolute atomic E-state index is 0.210. The van der Waals surface area contributed by atoms with Crippen molar-refractivity contribution in [3.63, 3.8) is 0 Å². The van der Waals surface area contributed by atoms with Crippen molar-refractivity contribution in [3.05, 3.63) is 0 Å². The third-order valence-corrected chi connectivity index (χ3v) is 11.3. The van der Waals surface area contributed by atoms with Crippen LogP contribution in [0.2, 0.25) is 38.8 Å². The molecule has 0 saturated carbocycles. The number of hydrogen-bond donors (Lipinski definition) is 0. The minimum atomic E-state index is -1.52. The number of rotatable bonds is 7. The molecule has 0 spiro atoms. The molecule has 0 atom stereocenters. The van der Waals surface area contributed by atoms with Crippen LogP contribution in [0.3, 0.4) is 0 Å². The lowest BCUT2D eigenvalue weighted by Crippen LogP contribution is -2.60. The zero-order valence-corrected chi connectivity index (χ0v) is 19.4. The average Bonchev–Trinajstić information content (AvgIpc) is 2.28. The first-order valence-electron chi connectivity index (χ1n) is 9.20. The molecule has 0 aromatic rings. The standard InChI is InChI=1S/C18H41NO2Si2/c1-17(2)14-16(15-18(3,4)19(17)5)20-12-11-13-23(9,10)21-22(6,7)8/h16H,11-15H2,1-10H3. The zero-order valence-electron chi connectivity index (χ0n) is 17.4. The summed E-state index contributed by atoms with van der Waals surface area (Å²) in [5.41, 5.74) is 0.419. The topological polar surface area (TPSA) is 21.7 Å². The zero-order chi connectivity index (χ0) is 18.1. The summed E-state index contributed by atoms with van der Waals surface area (Å²) in [5.74, 6) is 0. The lowest BCUT2D eigenvalue weighted by molar-refractivity contribution is -0.0912. The molecule has 0 aromatic heterocycles. The second-order valence-corrected chi connectivity index (χ2v) is 19.2. The van der Waals surface area contributed by atoms with Gasteiger partial charge in [0.1, 0.15) is 0 Å². The van der Waals surface area contributed by atoms with Crippen molar-refractivity contribution in [2.45, 2.75) is 103 Å². The Morgan fingerprint density at radius 1 is 0.957 bits per heavy atom. The van der Waals surface area contributed by atoms with Gasteiger partial charge in [0, 0.05) is 17.7 Å². The second kappa shape index (κ2) is 7.28. The van der Waals surface area contributed by atoms with Gasteiger partial charge in [0.15, 0.2) is 16.6 Å². The van der Waals surface area contributed by atoms with E-state index in [4.69, 9.17) is 8.85 Å². The van der Waals surface area contributed by atoms with Crippen LogP contribution in [-0.2, 0) is 8.85 Å². The van der Waals surface area contributed by atoms with Crippen molar-refractivity contribution >= 4 is 16.6 Å². The molecule has 138 valence electrons. The third-order valence-electron chi connectivity index (χ3n) is 5.13. The van der Waals surface area contributed by atoms with Crippen molar-refractivity contribution in [2.24, 2.45) is 0 Å². The van der Waals surface area contributed by atoms with Gasteiger partial charge in [-0.1, -0.05) is 0 Å². The Labute approximate surface area is 147 Å². The first kappa shape index (κ1) is 21.4. The molecular formula is C18H41NO2Si2. The van der Waals surface area contributed by atoms with Gasteiger partial charge in [-0.05, 0) is 92.8 Å². The Hall–Kier alpha value is 0.314. The first-order valence-corrected chi connectivity index (χ1v) is 15.7. The van der Waals surface area contributed by atoms with Gasteiger partial charge in [0.25, 0.3) is 0 Å². The van der Waals surface area contributed by atoms with Gasteiger partial charge in [0.2, 0.25) is 0 Å². The molecule has 0 unspecified atom stereocenters. The maximum atomic E-state index is 6.41. The number of nitrogens with zero attached hydrogens (tertiary/aromatic N) is 1. The molecule has 1 aliphatic heterocycles. The fourth-order valence-electron chi connectivity index (χ4n) is 4.03. The van der Waals surface area contributed by atoms with E-state index in [9.17, 15) is 0 Å². The summed E-state index contributed by atoms with van der Waals surface area (Å²) in [6.07, 6.45) is 3.77. The Bertz CT molecular complexity index is 371. The quantitative estimate of drug-likeness (QED) is 0.466. The summed E-state index contributed by atoms with van der Waals surface area (Å²) < 4.78 is 12.7. The van der Waals surface area contributed by atoms with Crippen LogP contribution in [0.15, 0.2) is 0 Å². The highest BCUT2D eigenvalue weighted by Gasteiger charge is 2.43. The highest BCUT2D eigenvalue weighted by Crippen LogP contribution is 2.38. The van der Waals surface area contributed by atoms with Crippen LogP contribution < -0.4 is 0 Å². The van der Waals surface area contributed by atoms with Crippen molar-refractivity contribution < 1.29 is 8.85 Å². The molecule has 1 rings (SSSR count). The van der Waals surface area contributed by atoms with E-state index >= 15 is 0 Å².